The molecule has 2 rings (SSSR count). The Kier molecular flexibility index (Phi) is 3.92. The lowest BCUT2D eigenvalue weighted by molar-refractivity contribution is 0.0465. The van der Waals surface area contributed by atoms with E-state index in [0.717, 1.165) is 35.1 Å². The van der Waals surface area contributed by atoms with Crippen LogP contribution in [-0.2, 0) is 0 Å². The van der Waals surface area contributed by atoms with E-state index in [-0.39, 0.29) is 11.9 Å². The molecular weight excluding hydrogens is 294 g/mol. The van der Waals surface area contributed by atoms with Crippen LogP contribution in [0.25, 0.3) is 0 Å². The van der Waals surface area contributed by atoms with E-state index in [1.54, 1.807) is 0 Å². The van der Waals surface area contributed by atoms with Gasteiger partial charge in [0.2, 0.25) is 0 Å². The molecule has 5 heteroatoms. The van der Waals surface area contributed by atoms with E-state index in [1.807, 2.05) is 25.2 Å². The maximum Gasteiger partial charge on any atom is 0.124 e. The summed E-state index contributed by atoms with van der Waals surface area (Å²) in [6.45, 7) is 0.883. The van der Waals surface area contributed by atoms with Crippen LogP contribution >= 0.6 is 15.9 Å². The molecule has 0 aromatic heterocycles. The van der Waals surface area contributed by atoms with E-state index in [0.29, 0.717) is 5.92 Å². The summed E-state index contributed by atoms with van der Waals surface area (Å²) in [6, 6.07) is 5.72. The maximum atomic E-state index is 9.31. The number of nitrogens with two attached hydrogens (primary N) is 1. The number of anilines is 1. The number of rotatable bonds is 4. The normalized spacial score (nSPS) is 22.4. The molecule has 4 nitrogen and oxygen atoms in total. The Hall–Kier alpha value is -1.07. The van der Waals surface area contributed by atoms with Crippen LogP contribution in [0.4, 0.5) is 5.69 Å². The van der Waals surface area contributed by atoms with Crippen LogP contribution in [0.2, 0.25) is 0 Å². The van der Waals surface area contributed by atoms with Crippen molar-refractivity contribution in [3.05, 3.63) is 28.2 Å². The van der Waals surface area contributed by atoms with Crippen LogP contribution in [0.5, 0.6) is 0 Å². The number of halogens is 1. The van der Waals surface area contributed by atoms with Crippen LogP contribution in [0, 0.1) is 11.3 Å². The summed E-state index contributed by atoms with van der Waals surface area (Å²) in [5.74, 6) is 0.613. The Morgan fingerprint density at radius 2 is 2.22 bits per heavy atom. The average molecular weight is 312 g/mol. The first-order valence-corrected chi connectivity index (χ1v) is 6.80. The first kappa shape index (κ1) is 13.4. The summed E-state index contributed by atoms with van der Waals surface area (Å²) in [5.41, 5.74) is 7.31. The van der Waals surface area contributed by atoms with Gasteiger partial charge >= 0.3 is 0 Å². The van der Waals surface area contributed by atoms with Crippen LogP contribution < -0.4 is 10.6 Å². The SMILES string of the molecule is CN(CC1CC(O)C1)c1cc(Br)ccc1C(=N)N. The minimum atomic E-state index is -0.127. The van der Waals surface area contributed by atoms with Gasteiger partial charge in [-0.15, -0.1) is 0 Å². The Morgan fingerprint density at radius 1 is 1.56 bits per heavy atom. The van der Waals surface area contributed by atoms with Gasteiger partial charge in [0.25, 0.3) is 0 Å². The summed E-state index contributed by atoms with van der Waals surface area (Å²) >= 11 is 3.44. The highest BCUT2D eigenvalue weighted by atomic mass is 79.9. The predicted molar refractivity (Wildman–Crippen MR) is 77.2 cm³/mol. The van der Waals surface area contributed by atoms with Crippen LogP contribution in [0.3, 0.4) is 0 Å². The molecule has 1 aromatic carbocycles. The topological polar surface area (TPSA) is 73.3 Å². The second-order valence-corrected chi connectivity index (χ2v) is 5.86. The van der Waals surface area contributed by atoms with Crippen molar-refractivity contribution in [2.75, 3.05) is 18.5 Å². The summed E-state index contributed by atoms with van der Waals surface area (Å²) < 4.78 is 0.975. The van der Waals surface area contributed by atoms with Gasteiger partial charge in [0.05, 0.1) is 6.10 Å². The molecule has 1 fully saturated rings. The molecule has 98 valence electrons. The molecule has 1 saturated carbocycles. The smallest absolute Gasteiger partial charge is 0.124 e. The van der Waals surface area contributed by atoms with Gasteiger partial charge in [-0.25, -0.2) is 0 Å². The van der Waals surface area contributed by atoms with E-state index in [4.69, 9.17) is 11.1 Å². The van der Waals surface area contributed by atoms with Gasteiger partial charge in [0.15, 0.2) is 0 Å². The van der Waals surface area contributed by atoms with Gasteiger partial charge in [0.1, 0.15) is 5.84 Å². The lowest BCUT2D eigenvalue weighted by Gasteiger charge is -2.35. The number of nitrogen functional groups attached to an aromatic ring is 1. The van der Waals surface area contributed by atoms with E-state index in [9.17, 15) is 5.11 Å². The quantitative estimate of drug-likeness (QED) is 0.587. The second kappa shape index (κ2) is 5.28. The largest absolute Gasteiger partial charge is 0.393 e. The summed E-state index contributed by atoms with van der Waals surface area (Å²) in [5, 5.41) is 16.9. The van der Waals surface area contributed by atoms with Crippen molar-refractivity contribution in [1.82, 2.24) is 0 Å². The standard InChI is InChI=1S/C13H18BrN3O/c1-17(7-8-4-10(18)5-8)12-6-9(14)2-3-11(12)13(15)16/h2-3,6,8,10,18H,4-5,7H2,1H3,(H3,15,16). The van der Waals surface area contributed by atoms with Crippen molar-refractivity contribution in [3.63, 3.8) is 0 Å². The molecule has 1 aliphatic carbocycles. The van der Waals surface area contributed by atoms with Crippen molar-refractivity contribution in [1.29, 1.82) is 5.41 Å². The lowest BCUT2D eigenvalue weighted by Crippen LogP contribution is -2.37. The van der Waals surface area contributed by atoms with Gasteiger partial charge in [-0.05, 0) is 37.0 Å². The Bertz CT molecular complexity index is 458. The fourth-order valence-electron chi connectivity index (χ4n) is 2.38. The molecule has 0 atom stereocenters. The van der Waals surface area contributed by atoms with Crippen LogP contribution in [-0.4, -0.2) is 30.6 Å². The van der Waals surface area contributed by atoms with Crippen molar-refractivity contribution in [2.45, 2.75) is 18.9 Å². The fourth-order valence-corrected chi connectivity index (χ4v) is 2.73. The number of nitrogens with one attached hydrogen (secondary N) is 1. The maximum absolute atomic E-state index is 9.31. The zero-order valence-corrected chi connectivity index (χ0v) is 11.9. The summed E-state index contributed by atoms with van der Waals surface area (Å²) in [6.07, 6.45) is 1.61. The van der Waals surface area contributed by atoms with Gasteiger partial charge in [-0.1, -0.05) is 15.9 Å². The molecular formula is C13H18BrN3O. The molecule has 0 bridgehead atoms. The van der Waals surface area contributed by atoms with Gasteiger partial charge < -0.3 is 15.7 Å². The Morgan fingerprint density at radius 3 is 2.78 bits per heavy atom. The van der Waals surface area contributed by atoms with Crippen molar-refractivity contribution >= 4 is 27.5 Å². The molecule has 1 aliphatic rings. The summed E-state index contributed by atoms with van der Waals surface area (Å²) in [7, 11) is 2.00. The van der Waals surface area contributed by atoms with Gasteiger partial charge in [-0.3, -0.25) is 5.41 Å². The third-order valence-corrected chi connectivity index (χ3v) is 3.90. The van der Waals surface area contributed by atoms with E-state index >= 15 is 0 Å². The van der Waals surface area contributed by atoms with Crippen molar-refractivity contribution in [3.8, 4) is 0 Å². The number of amidine groups is 1. The number of benzene rings is 1. The van der Waals surface area contributed by atoms with Gasteiger partial charge in [0, 0.05) is 29.3 Å². The molecule has 0 heterocycles. The highest BCUT2D eigenvalue weighted by Crippen LogP contribution is 2.31. The first-order chi connectivity index (χ1) is 8.47. The number of hydrogen-bond donors (Lipinski definition) is 3. The zero-order chi connectivity index (χ0) is 13.3. The predicted octanol–water partition coefficient (Wildman–Crippen LogP) is 1.94. The van der Waals surface area contributed by atoms with Crippen molar-refractivity contribution < 1.29 is 5.11 Å². The zero-order valence-electron chi connectivity index (χ0n) is 10.4. The molecule has 0 aliphatic heterocycles. The lowest BCUT2D eigenvalue weighted by atomic mass is 9.82. The molecule has 4 N–H and O–H groups in total. The number of hydrogen-bond acceptors (Lipinski definition) is 3. The summed E-state index contributed by atoms with van der Waals surface area (Å²) in [4.78, 5) is 2.11. The van der Waals surface area contributed by atoms with Crippen LogP contribution in [0.15, 0.2) is 22.7 Å². The average Bonchev–Trinajstić information content (AvgIpc) is 2.26. The number of aliphatic hydroxyl groups excluding tert-OH is 1. The van der Waals surface area contributed by atoms with E-state index in [2.05, 4.69) is 20.8 Å². The highest BCUT2D eigenvalue weighted by Gasteiger charge is 2.28. The van der Waals surface area contributed by atoms with E-state index < -0.39 is 0 Å². The molecule has 1 aromatic rings. The number of nitrogens with zero attached hydrogens (tertiary/aromatic N) is 1. The third kappa shape index (κ3) is 2.84. The first-order valence-electron chi connectivity index (χ1n) is 6.00. The molecule has 0 amide bonds. The minimum absolute atomic E-state index is 0.0815. The van der Waals surface area contributed by atoms with E-state index in [1.165, 1.54) is 0 Å². The Balaban J connectivity index is 2.15. The molecule has 0 unspecified atom stereocenters. The minimum Gasteiger partial charge on any atom is -0.393 e. The molecule has 0 radical (unpaired) electrons. The molecule has 18 heavy (non-hydrogen) atoms. The van der Waals surface area contributed by atoms with Crippen molar-refractivity contribution in [2.24, 2.45) is 11.7 Å². The monoisotopic (exact) mass is 311 g/mol. The number of aliphatic hydroxyl groups is 1. The third-order valence-electron chi connectivity index (χ3n) is 3.40. The van der Waals surface area contributed by atoms with Crippen LogP contribution in [0.1, 0.15) is 18.4 Å². The molecule has 0 saturated heterocycles. The highest BCUT2D eigenvalue weighted by molar-refractivity contribution is 9.10. The second-order valence-electron chi connectivity index (χ2n) is 4.95. The fraction of sp³-hybridized carbons (Fsp3) is 0.462. The molecule has 0 spiro atoms. The van der Waals surface area contributed by atoms with Gasteiger partial charge in [-0.2, -0.15) is 0 Å². The Labute approximate surface area is 115 Å².